The van der Waals surface area contributed by atoms with E-state index >= 15 is 0 Å². The molecule has 3 atom stereocenters. The van der Waals surface area contributed by atoms with E-state index in [1.54, 1.807) is 6.08 Å². The molecule has 0 aromatic rings. The summed E-state index contributed by atoms with van der Waals surface area (Å²) in [5, 5.41) is 33.4. The van der Waals surface area contributed by atoms with Gasteiger partial charge in [-0.1, -0.05) is 294 Å². The van der Waals surface area contributed by atoms with Crippen molar-refractivity contribution in [1.29, 1.82) is 0 Å². The summed E-state index contributed by atoms with van der Waals surface area (Å²) in [5.41, 5.74) is 0. The van der Waals surface area contributed by atoms with E-state index < -0.39 is 18.2 Å². The van der Waals surface area contributed by atoms with Crippen LogP contribution in [0.3, 0.4) is 0 Å². The first-order valence-electron chi connectivity index (χ1n) is 28.8. The third-order valence-corrected chi connectivity index (χ3v) is 13.4. The molecule has 0 aliphatic rings. The van der Waals surface area contributed by atoms with Gasteiger partial charge in [-0.25, -0.2) is 0 Å². The molecular formula is C59H113NO4. The first-order valence-corrected chi connectivity index (χ1v) is 28.8. The predicted molar refractivity (Wildman–Crippen MR) is 282 cm³/mol. The fourth-order valence-electron chi connectivity index (χ4n) is 9.02. The monoisotopic (exact) mass is 900 g/mol. The Bertz CT molecular complexity index is 993. The first-order chi connectivity index (χ1) is 31.5. The van der Waals surface area contributed by atoms with Crippen molar-refractivity contribution < 1.29 is 20.1 Å². The highest BCUT2D eigenvalue weighted by atomic mass is 16.3. The highest BCUT2D eigenvalue weighted by Crippen LogP contribution is 2.18. The largest absolute Gasteiger partial charge is 0.394 e. The second-order valence-corrected chi connectivity index (χ2v) is 19.9. The number of allylic oxidation sites excluding steroid dienone is 5. The quantitative estimate of drug-likeness (QED) is 0.0362. The Labute approximate surface area is 400 Å². The van der Waals surface area contributed by atoms with Crippen LogP contribution in [-0.2, 0) is 4.79 Å². The SMILES string of the molecule is CCCCCCCCCCCCC/C=C/CC/C=C/CC/C=C/C(O)C(CO)NC(=O)CC(O)CCCCCCCCCCCCCCCCCCCCCCCCCCCCCC. The number of rotatable bonds is 53. The maximum atomic E-state index is 12.5. The topological polar surface area (TPSA) is 89.8 Å². The number of unbranched alkanes of at least 4 members (excludes halogenated alkanes) is 40. The molecule has 0 spiro atoms. The minimum Gasteiger partial charge on any atom is -0.394 e. The fraction of sp³-hybridized carbons (Fsp3) is 0.881. The van der Waals surface area contributed by atoms with Crippen molar-refractivity contribution in [2.75, 3.05) is 6.61 Å². The van der Waals surface area contributed by atoms with Gasteiger partial charge in [-0.15, -0.1) is 0 Å². The summed E-state index contributed by atoms with van der Waals surface area (Å²) in [4.78, 5) is 12.5. The van der Waals surface area contributed by atoms with Crippen molar-refractivity contribution in [3.63, 3.8) is 0 Å². The zero-order valence-corrected chi connectivity index (χ0v) is 43.2. The van der Waals surface area contributed by atoms with Crippen molar-refractivity contribution >= 4 is 5.91 Å². The van der Waals surface area contributed by atoms with Gasteiger partial charge in [0.2, 0.25) is 5.91 Å². The first kappa shape index (κ1) is 62.6. The van der Waals surface area contributed by atoms with Crippen LogP contribution >= 0.6 is 0 Å². The molecule has 0 radical (unpaired) electrons. The number of hydrogen-bond acceptors (Lipinski definition) is 4. The molecule has 1 amide bonds. The van der Waals surface area contributed by atoms with Crippen LogP contribution in [0, 0.1) is 0 Å². The van der Waals surface area contributed by atoms with E-state index in [2.05, 4.69) is 43.5 Å². The maximum absolute atomic E-state index is 12.5. The van der Waals surface area contributed by atoms with Crippen LogP contribution in [0.15, 0.2) is 36.5 Å². The minimum atomic E-state index is -0.959. The summed E-state index contributed by atoms with van der Waals surface area (Å²) in [6.07, 6.45) is 70.6. The summed E-state index contributed by atoms with van der Waals surface area (Å²) >= 11 is 0. The van der Waals surface area contributed by atoms with Crippen LogP contribution in [0.5, 0.6) is 0 Å². The van der Waals surface area contributed by atoms with Crippen LogP contribution in [0.2, 0.25) is 0 Å². The summed E-state index contributed by atoms with van der Waals surface area (Å²) in [7, 11) is 0. The molecule has 0 heterocycles. The van der Waals surface area contributed by atoms with Gasteiger partial charge in [0.05, 0.1) is 31.3 Å². The average Bonchev–Trinajstić information content (AvgIpc) is 3.29. The molecule has 3 unspecified atom stereocenters. The summed E-state index contributed by atoms with van der Waals surface area (Å²) < 4.78 is 0. The molecular weight excluding hydrogens is 787 g/mol. The lowest BCUT2D eigenvalue weighted by atomic mass is 10.0. The Balaban J connectivity index is 3.58. The summed E-state index contributed by atoms with van der Waals surface area (Å²) in [5.74, 6) is -0.324. The number of nitrogens with one attached hydrogen (secondary N) is 1. The van der Waals surface area contributed by atoms with Crippen molar-refractivity contribution in [3.05, 3.63) is 36.5 Å². The number of hydrogen-bond donors (Lipinski definition) is 4. The molecule has 378 valence electrons. The second kappa shape index (κ2) is 54.2. The Kier molecular flexibility index (Phi) is 53.0. The normalized spacial score (nSPS) is 13.5. The van der Waals surface area contributed by atoms with E-state index in [-0.39, 0.29) is 18.9 Å². The summed E-state index contributed by atoms with van der Waals surface area (Å²) in [6, 6.07) is -0.767. The molecule has 5 nitrogen and oxygen atoms in total. The van der Waals surface area contributed by atoms with Crippen molar-refractivity contribution in [3.8, 4) is 0 Å². The zero-order chi connectivity index (χ0) is 46.5. The van der Waals surface area contributed by atoms with E-state index in [1.165, 1.54) is 244 Å². The van der Waals surface area contributed by atoms with Gasteiger partial charge in [-0.2, -0.15) is 0 Å². The molecule has 0 aromatic heterocycles. The Morgan fingerprint density at radius 3 is 1.00 bits per heavy atom. The van der Waals surface area contributed by atoms with Gasteiger partial charge >= 0.3 is 0 Å². The molecule has 0 fully saturated rings. The highest BCUT2D eigenvalue weighted by molar-refractivity contribution is 5.76. The van der Waals surface area contributed by atoms with E-state index in [9.17, 15) is 20.1 Å². The van der Waals surface area contributed by atoms with Gasteiger partial charge < -0.3 is 20.6 Å². The van der Waals surface area contributed by atoms with Gasteiger partial charge in [-0.05, 0) is 44.9 Å². The smallest absolute Gasteiger partial charge is 0.222 e. The number of amides is 1. The second-order valence-electron chi connectivity index (χ2n) is 19.9. The molecule has 0 aromatic carbocycles. The van der Waals surface area contributed by atoms with Crippen LogP contribution in [-0.4, -0.2) is 46.1 Å². The molecule has 64 heavy (non-hydrogen) atoms. The number of aliphatic hydroxyl groups excluding tert-OH is 3. The van der Waals surface area contributed by atoms with Gasteiger partial charge in [0.15, 0.2) is 0 Å². The minimum absolute atomic E-state index is 0.00574. The number of carbonyl (C=O) groups is 1. The molecule has 0 rings (SSSR count). The van der Waals surface area contributed by atoms with Gasteiger partial charge in [0.25, 0.3) is 0 Å². The van der Waals surface area contributed by atoms with Crippen LogP contribution in [0.1, 0.15) is 309 Å². The highest BCUT2D eigenvalue weighted by Gasteiger charge is 2.20. The number of aliphatic hydroxyl groups is 3. The van der Waals surface area contributed by atoms with E-state index in [1.807, 2.05) is 6.08 Å². The van der Waals surface area contributed by atoms with Crippen molar-refractivity contribution in [2.45, 2.75) is 327 Å². The standard InChI is InChI=1S/C59H113NO4/c1-3-5-7-9-11-13-15-17-19-21-23-25-26-27-28-29-30-31-33-34-36-38-40-42-44-46-48-50-52-56(62)54-59(64)60-57(55-61)58(63)53-51-49-47-45-43-41-39-37-35-32-24-22-20-18-16-14-12-10-8-6-4-2/h35,37,43,45,51,53,56-58,61-63H,3-34,36,38-42,44,46-50,52,54-55H2,1-2H3,(H,60,64)/b37-35+,45-43+,53-51+. The maximum Gasteiger partial charge on any atom is 0.222 e. The third kappa shape index (κ3) is 50.0. The lowest BCUT2D eigenvalue weighted by Gasteiger charge is -2.21. The van der Waals surface area contributed by atoms with Crippen LogP contribution < -0.4 is 5.32 Å². The number of carbonyl (C=O) groups excluding carboxylic acids is 1. The van der Waals surface area contributed by atoms with E-state index in [0.29, 0.717) is 6.42 Å². The zero-order valence-electron chi connectivity index (χ0n) is 43.2. The lowest BCUT2D eigenvalue weighted by molar-refractivity contribution is -0.124. The fourth-order valence-corrected chi connectivity index (χ4v) is 9.02. The average molecular weight is 901 g/mol. The molecule has 0 aliphatic carbocycles. The molecule has 0 saturated heterocycles. The summed E-state index contributed by atoms with van der Waals surface area (Å²) in [6.45, 7) is 4.23. The van der Waals surface area contributed by atoms with Gasteiger partial charge in [0.1, 0.15) is 0 Å². The van der Waals surface area contributed by atoms with Crippen molar-refractivity contribution in [2.24, 2.45) is 0 Å². The van der Waals surface area contributed by atoms with E-state index in [0.717, 1.165) is 38.5 Å². The molecule has 0 aliphatic heterocycles. The van der Waals surface area contributed by atoms with Crippen molar-refractivity contribution in [1.82, 2.24) is 5.32 Å². The Hall–Kier alpha value is -1.43. The van der Waals surface area contributed by atoms with Crippen LogP contribution in [0.25, 0.3) is 0 Å². The molecule has 0 bridgehead atoms. The Morgan fingerprint density at radius 1 is 0.391 bits per heavy atom. The van der Waals surface area contributed by atoms with E-state index in [4.69, 9.17) is 0 Å². The predicted octanol–water partition coefficient (Wildman–Crippen LogP) is 17.8. The van der Waals surface area contributed by atoms with Gasteiger partial charge in [-0.3, -0.25) is 4.79 Å². The molecule has 4 N–H and O–H groups in total. The lowest BCUT2D eigenvalue weighted by Crippen LogP contribution is -2.45. The molecule has 0 saturated carbocycles. The third-order valence-electron chi connectivity index (χ3n) is 13.4. The van der Waals surface area contributed by atoms with Crippen LogP contribution in [0.4, 0.5) is 0 Å². The molecule has 5 heteroatoms. The van der Waals surface area contributed by atoms with Gasteiger partial charge in [0, 0.05) is 0 Å². The Morgan fingerprint density at radius 2 is 0.672 bits per heavy atom.